The Bertz CT molecular complexity index is 970. The van der Waals surface area contributed by atoms with E-state index in [4.69, 9.17) is 4.74 Å². The summed E-state index contributed by atoms with van der Waals surface area (Å²) in [5.41, 5.74) is 2.82. The molecule has 1 amide bonds. The van der Waals surface area contributed by atoms with Crippen molar-refractivity contribution in [2.45, 2.75) is 26.1 Å². The van der Waals surface area contributed by atoms with Gasteiger partial charge in [0.25, 0.3) is 0 Å². The fraction of sp³-hybridized carbons (Fsp3) is 0.381. The molecule has 1 aliphatic rings. The van der Waals surface area contributed by atoms with Crippen LogP contribution in [0, 0.1) is 6.92 Å². The molecule has 1 atom stereocenters. The molecule has 1 saturated heterocycles. The predicted molar refractivity (Wildman–Crippen MR) is 109 cm³/mol. The van der Waals surface area contributed by atoms with Crippen LogP contribution in [0.5, 0.6) is 0 Å². The predicted octanol–water partition coefficient (Wildman–Crippen LogP) is 1.11. The molecule has 2 aromatic heterocycles. The van der Waals surface area contributed by atoms with Crippen molar-refractivity contribution in [1.82, 2.24) is 35.4 Å². The van der Waals surface area contributed by atoms with E-state index < -0.39 is 0 Å². The first-order valence-corrected chi connectivity index (χ1v) is 10.0. The number of tetrazole rings is 1. The maximum absolute atomic E-state index is 12.6. The number of ether oxygens (including phenoxy) is 1. The molecule has 1 aliphatic heterocycles. The van der Waals surface area contributed by atoms with Gasteiger partial charge in [0, 0.05) is 18.8 Å². The zero-order valence-corrected chi connectivity index (χ0v) is 16.9. The number of rotatable bonds is 7. The van der Waals surface area contributed by atoms with Crippen molar-refractivity contribution in [2.75, 3.05) is 26.3 Å². The van der Waals surface area contributed by atoms with E-state index in [0.717, 1.165) is 30.0 Å². The highest BCUT2D eigenvalue weighted by Crippen LogP contribution is 2.27. The van der Waals surface area contributed by atoms with E-state index in [-0.39, 0.29) is 18.5 Å². The molecule has 0 unspecified atom stereocenters. The zero-order valence-electron chi connectivity index (χ0n) is 16.9. The molecule has 1 N–H and O–H groups in total. The maximum atomic E-state index is 12.6. The van der Waals surface area contributed by atoms with Gasteiger partial charge in [0.05, 0.1) is 31.5 Å². The smallest absolute Gasteiger partial charge is 0.242 e. The number of morpholine rings is 1. The second kappa shape index (κ2) is 9.55. The molecule has 3 heterocycles. The highest BCUT2D eigenvalue weighted by Gasteiger charge is 2.29. The number of pyridine rings is 1. The number of aryl methyl sites for hydroxylation is 1. The standard InChI is InChI=1S/C21H25N7O2/c1-16-6-5-9-18(23-16)14-22-19(29)15-28-21(24-25-26-28)20(17-7-3-2-4-8-17)27-10-12-30-13-11-27/h2-9,20H,10-15H2,1H3,(H,22,29)/t20-/m1/s1. The second-order valence-corrected chi connectivity index (χ2v) is 7.20. The lowest BCUT2D eigenvalue weighted by molar-refractivity contribution is -0.122. The van der Waals surface area contributed by atoms with Gasteiger partial charge in [-0.3, -0.25) is 14.7 Å². The van der Waals surface area contributed by atoms with Gasteiger partial charge in [-0.2, -0.15) is 0 Å². The van der Waals surface area contributed by atoms with E-state index in [1.807, 2.05) is 43.3 Å². The molecular formula is C21H25N7O2. The van der Waals surface area contributed by atoms with Gasteiger partial charge in [-0.25, -0.2) is 4.68 Å². The SMILES string of the molecule is Cc1cccc(CNC(=O)Cn2nnnc2[C@@H](c2ccccc2)N2CCOCC2)n1. The van der Waals surface area contributed by atoms with Gasteiger partial charge in [-0.05, 0) is 35.0 Å². The molecule has 4 rings (SSSR count). The van der Waals surface area contributed by atoms with E-state index in [0.29, 0.717) is 25.6 Å². The van der Waals surface area contributed by atoms with Gasteiger partial charge >= 0.3 is 0 Å². The third-order valence-corrected chi connectivity index (χ3v) is 5.04. The molecule has 1 fully saturated rings. The van der Waals surface area contributed by atoms with Crippen LogP contribution in [0.2, 0.25) is 0 Å². The Labute approximate surface area is 175 Å². The highest BCUT2D eigenvalue weighted by atomic mass is 16.5. The topological polar surface area (TPSA) is 98.1 Å². The van der Waals surface area contributed by atoms with Crippen LogP contribution in [0.4, 0.5) is 0 Å². The van der Waals surface area contributed by atoms with Crippen molar-refractivity contribution in [3.63, 3.8) is 0 Å². The molecule has 0 aliphatic carbocycles. The average Bonchev–Trinajstić information content (AvgIpc) is 3.22. The first-order valence-electron chi connectivity index (χ1n) is 10.0. The monoisotopic (exact) mass is 407 g/mol. The van der Waals surface area contributed by atoms with E-state index in [1.165, 1.54) is 0 Å². The Morgan fingerprint density at radius 1 is 1.13 bits per heavy atom. The molecule has 156 valence electrons. The van der Waals surface area contributed by atoms with Crippen LogP contribution in [0.15, 0.2) is 48.5 Å². The number of benzene rings is 1. The van der Waals surface area contributed by atoms with Crippen LogP contribution in [0.1, 0.15) is 28.8 Å². The minimum absolute atomic E-state index is 0.0435. The van der Waals surface area contributed by atoms with E-state index in [9.17, 15) is 4.79 Å². The molecule has 3 aromatic rings. The first kappa shape index (κ1) is 20.1. The van der Waals surface area contributed by atoms with Crippen LogP contribution in [0.3, 0.4) is 0 Å². The van der Waals surface area contributed by atoms with Crippen LogP contribution in [0.25, 0.3) is 0 Å². The van der Waals surface area contributed by atoms with E-state index >= 15 is 0 Å². The van der Waals surface area contributed by atoms with Crippen molar-refractivity contribution < 1.29 is 9.53 Å². The number of carbonyl (C=O) groups excluding carboxylic acids is 1. The molecule has 0 radical (unpaired) electrons. The summed E-state index contributed by atoms with van der Waals surface area (Å²) < 4.78 is 7.09. The summed E-state index contributed by atoms with van der Waals surface area (Å²) in [6, 6.07) is 15.7. The van der Waals surface area contributed by atoms with Crippen LogP contribution in [-0.4, -0.2) is 62.3 Å². The van der Waals surface area contributed by atoms with Crippen LogP contribution >= 0.6 is 0 Å². The number of nitrogens with one attached hydrogen (secondary N) is 1. The van der Waals surface area contributed by atoms with Crippen LogP contribution < -0.4 is 5.32 Å². The molecular weight excluding hydrogens is 382 g/mol. The summed E-state index contributed by atoms with van der Waals surface area (Å²) in [6.07, 6.45) is 0. The number of hydrogen-bond acceptors (Lipinski definition) is 7. The Hall–Kier alpha value is -3.17. The zero-order chi connectivity index (χ0) is 20.8. The van der Waals surface area contributed by atoms with E-state index in [2.05, 4.69) is 42.9 Å². The molecule has 30 heavy (non-hydrogen) atoms. The minimum Gasteiger partial charge on any atom is -0.379 e. The maximum Gasteiger partial charge on any atom is 0.242 e. The highest BCUT2D eigenvalue weighted by molar-refractivity contribution is 5.75. The Balaban J connectivity index is 1.50. The van der Waals surface area contributed by atoms with Gasteiger partial charge < -0.3 is 10.1 Å². The summed E-state index contributed by atoms with van der Waals surface area (Å²) in [5, 5.41) is 15.1. The van der Waals surface area contributed by atoms with Crippen molar-refractivity contribution in [3.8, 4) is 0 Å². The Kier molecular flexibility index (Phi) is 6.41. The fourth-order valence-electron chi connectivity index (χ4n) is 3.59. The quantitative estimate of drug-likeness (QED) is 0.627. The normalized spacial score (nSPS) is 15.6. The Morgan fingerprint density at radius 3 is 2.70 bits per heavy atom. The van der Waals surface area contributed by atoms with E-state index in [1.54, 1.807) is 4.68 Å². The van der Waals surface area contributed by atoms with Crippen LogP contribution in [-0.2, 0) is 22.6 Å². The lowest BCUT2D eigenvalue weighted by atomic mass is 10.0. The number of carbonyl (C=O) groups is 1. The van der Waals surface area contributed by atoms with Crippen molar-refractivity contribution in [3.05, 3.63) is 71.3 Å². The Morgan fingerprint density at radius 2 is 1.93 bits per heavy atom. The molecule has 0 saturated carbocycles. The fourth-order valence-corrected chi connectivity index (χ4v) is 3.59. The molecule has 9 nitrogen and oxygen atoms in total. The number of amides is 1. The molecule has 0 bridgehead atoms. The minimum atomic E-state index is -0.166. The lowest BCUT2D eigenvalue weighted by Crippen LogP contribution is -2.41. The number of nitrogens with zero attached hydrogens (tertiary/aromatic N) is 6. The average molecular weight is 407 g/mol. The largest absolute Gasteiger partial charge is 0.379 e. The number of aromatic nitrogens is 5. The summed E-state index contributed by atoms with van der Waals surface area (Å²) >= 11 is 0. The summed E-state index contributed by atoms with van der Waals surface area (Å²) in [7, 11) is 0. The van der Waals surface area contributed by atoms with Crippen molar-refractivity contribution in [2.24, 2.45) is 0 Å². The van der Waals surface area contributed by atoms with Gasteiger partial charge in [-0.1, -0.05) is 36.4 Å². The first-order chi connectivity index (χ1) is 14.7. The third kappa shape index (κ3) is 4.87. The van der Waals surface area contributed by atoms with Gasteiger partial charge in [0.1, 0.15) is 6.54 Å². The molecule has 9 heteroatoms. The van der Waals surface area contributed by atoms with Gasteiger partial charge in [-0.15, -0.1) is 5.10 Å². The second-order valence-electron chi connectivity index (χ2n) is 7.20. The summed E-state index contributed by atoms with van der Waals surface area (Å²) in [5.74, 6) is 0.479. The lowest BCUT2D eigenvalue weighted by Gasteiger charge is -2.33. The van der Waals surface area contributed by atoms with Gasteiger partial charge in [0.15, 0.2) is 5.82 Å². The summed E-state index contributed by atoms with van der Waals surface area (Å²) in [6.45, 7) is 5.21. The van der Waals surface area contributed by atoms with Gasteiger partial charge in [0.2, 0.25) is 5.91 Å². The molecule has 0 spiro atoms. The molecule has 1 aromatic carbocycles. The third-order valence-electron chi connectivity index (χ3n) is 5.04. The van der Waals surface area contributed by atoms with Crippen molar-refractivity contribution >= 4 is 5.91 Å². The summed E-state index contributed by atoms with van der Waals surface area (Å²) in [4.78, 5) is 19.3. The number of hydrogen-bond donors (Lipinski definition) is 1. The van der Waals surface area contributed by atoms with Crippen molar-refractivity contribution in [1.29, 1.82) is 0 Å².